The fourth-order valence-electron chi connectivity index (χ4n) is 3.46. The lowest BCUT2D eigenvalue weighted by Gasteiger charge is -2.28. The van der Waals surface area contributed by atoms with Gasteiger partial charge in [-0.1, -0.05) is 48.0 Å². The van der Waals surface area contributed by atoms with E-state index in [0.29, 0.717) is 11.3 Å². The summed E-state index contributed by atoms with van der Waals surface area (Å²) in [7, 11) is -2.21. The van der Waals surface area contributed by atoms with Gasteiger partial charge in [-0.15, -0.1) is 0 Å². The predicted molar refractivity (Wildman–Crippen MR) is 133 cm³/mol. The van der Waals surface area contributed by atoms with Crippen molar-refractivity contribution in [3.05, 3.63) is 95.6 Å². The van der Waals surface area contributed by atoms with Gasteiger partial charge in [0.2, 0.25) is 15.9 Å². The standard InChI is InChI=1S/C26H29N3O4S/c1-18-13-15-24(16-14-18)34(32,33)28-19(2)26(31)29(4)20(3)22-11-8-12-23(17-22)27-25(30)21-9-6-5-7-10-21/h5-17,19-20,28H,1-4H3,(H,27,30)/t19-,20-/m0/s1. The van der Waals surface area contributed by atoms with E-state index in [9.17, 15) is 18.0 Å². The van der Waals surface area contributed by atoms with Crippen molar-refractivity contribution in [3.8, 4) is 0 Å². The van der Waals surface area contributed by atoms with Crippen LogP contribution in [0.2, 0.25) is 0 Å². The first-order chi connectivity index (χ1) is 16.1. The zero-order valence-corrected chi connectivity index (χ0v) is 20.5. The molecule has 0 saturated heterocycles. The molecule has 0 saturated carbocycles. The number of sulfonamides is 1. The quantitative estimate of drug-likeness (QED) is 0.508. The van der Waals surface area contributed by atoms with Gasteiger partial charge in [0.15, 0.2) is 0 Å². The van der Waals surface area contributed by atoms with Crippen LogP contribution in [0, 0.1) is 6.92 Å². The van der Waals surface area contributed by atoms with Gasteiger partial charge < -0.3 is 10.2 Å². The van der Waals surface area contributed by atoms with E-state index < -0.39 is 16.1 Å². The number of likely N-dealkylation sites (N-methyl/N-ethyl adjacent to an activating group) is 1. The van der Waals surface area contributed by atoms with Crippen LogP contribution in [0.15, 0.2) is 83.8 Å². The fraction of sp³-hybridized carbons (Fsp3) is 0.231. The number of hydrogen-bond donors (Lipinski definition) is 2. The minimum absolute atomic E-state index is 0.107. The van der Waals surface area contributed by atoms with Gasteiger partial charge in [0.1, 0.15) is 0 Å². The molecule has 7 nitrogen and oxygen atoms in total. The second-order valence-corrected chi connectivity index (χ2v) is 9.94. The molecule has 0 aromatic heterocycles. The third-order valence-corrected chi connectivity index (χ3v) is 7.18. The number of carbonyl (C=O) groups excluding carboxylic acids is 2. The van der Waals surface area contributed by atoms with Crippen LogP contribution < -0.4 is 10.0 Å². The highest BCUT2D eigenvalue weighted by atomic mass is 32.2. The molecule has 0 radical (unpaired) electrons. The second-order valence-electron chi connectivity index (χ2n) is 8.23. The summed E-state index contributed by atoms with van der Waals surface area (Å²) in [4.78, 5) is 27.0. The molecule has 0 aliphatic rings. The molecular formula is C26H29N3O4S. The van der Waals surface area contributed by atoms with Crippen molar-refractivity contribution in [2.75, 3.05) is 12.4 Å². The lowest BCUT2D eigenvalue weighted by Crippen LogP contribution is -2.46. The van der Waals surface area contributed by atoms with Gasteiger partial charge in [0, 0.05) is 18.3 Å². The minimum Gasteiger partial charge on any atom is -0.338 e. The molecule has 3 aromatic carbocycles. The van der Waals surface area contributed by atoms with Crippen LogP contribution in [0.5, 0.6) is 0 Å². The molecule has 2 N–H and O–H groups in total. The SMILES string of the molecule is Cc1ccc(S(=O)(=O)N[C@@H](C)C(=O)N(C)[C@@H](C)c2cccc(NC(=O)c3ccccc3)c2)cc1. The van der Waals surface area contributed by atoms with Crippen molar-refractivity contribution in [2.45, 2.75) is 37.8 Å². The Labute approximate surface area is 200 Å². The van der Waals surface area contributed by atoms with Crippen LogP contribution in [-0.4, -0.2) is 38.2 Å². The predicted octanol–water partition coefficient (Wildman–Crippen LogP) is 4.13. The molecule has 8 heteroatoms. The highest BCUT2D eigenvalue weighted by Gasteiger charge is 2.27. The number of benzene rings is 3. The van der Waals surface area contributed by atoms with E-state index in [-0.39, 0.29) is 22.8 Å². The summed E-state index contributed by atoms with van der Waals surface area (Å²) >= 11 is 0. The Kier molecular flexibility index (Phi) is 7.86. The van der Waals surface area contributed by atoms with E-state index in [4.69, 9.17) is 0 Å². The Morgan fingerprint density at radius 1 is 0.882 bits per heavy atom. The summed E-state index contributed by atoms with van der Waals surface area (Å²) in [6.07, 6.45) is 0. The van der Waals surface area contributed by atoms with Crippen molar-refractivity contribution < 1.29 is 18.0 Å². The lowest BCUT2D eigenvalue weighted by atomic mass is 10.1. The topological polar surface area (TPSA) is 95.6 Å². The summed E-state index contributed by atoms with van der Waals surface area (Å²) in [5.41, 5.74) is 2.89. The lowest BCUT2D eigenvalue weighted by molar-refractivity contribution is -0.133. The van der Waals surface area contributed by atoms with Crippen molar-refractivity contribution in [1.82, 2.24) is 9.62 Å². The van der Waals surface area contributed by atoms with Gasteiger partial charge in [-0.25, -0.2) is 8.42 Å². The number of rotatable bonds is 8. The summed E-state index contributed by atoms with van der Waals surface area (Å²) < 4.78 is 27.8. The van der Waals surface area contributed by atoms with Crippen LogP contribution in [-0.2, 0) is 14.8 Å². The number of nitrogens with zero attached hydrogens (tertiary/aromatic N) is 1. The first-order valence-electron chi connectivity index (χ1n) is 10.9. The monoisotopic (exact) mass is 479 g/mol. The third-order valence-electron chi connectivity index (χ3n) is 5.63. The van der Waals surface area contributed by atoms with Crippen LogP contribution in [0.25, 0.3) is 0 Å². The Morgan fingerprint density at radius 3 is 2.18 bits per heavy atom. The largest absolute Gasteiger partial charge is 0.338 e. The summed E-state index contributed by atoms with van der Waals surface area (Å²) in [5, 5.41) is 2.86. The molecule has 3 rings (SSSR count). The van der Waals surface area contributed by atoms with Gasteiger partial charge in [-0.3, -0.25) is 9.59 Å². The highest BCUT2D eigenvalue weighted by Crippen LogP contribution is 2.23. The van der Waals surface area contributed by atoms with E-state index in [1.54, 1.807) is 61.6 Å². The van der Waals surface area contributed by atoms with Crippen LogP contribution in [0.3, 0.4) is 0 Å². The number of hydrogen-bond acceptors (Lipinski definition) is 4. The molecule has 0 aliphatic carbocycles. The van der Waals surface area contributed by atoms with Crippen LogP contribution in [0.4, 0.5) is 5.69 Å². The van der Waals surface area contributed by atoms with Gasteiger partial charge >= 0.3 is 0 Å². The van der Waals surface area contributed by atoms with Crippen LogP contribution in [0.1, 0.15) is 41.4 Å². The molecular weight excluding hydrogens is 450 g/mol. The first kappa shape index (κ1) is 25.1. The Balaban J connectivity index is 1.68. The molecule has 0 aliphatic heterocycles. The molecule has 0 heterocycles. The zero-order valence-electron chi connectivity index (χ0n) is 19.6. The van der Waals surface area contributed by atoms with Crippen molar-refractivity contribution >= 4 is 27.5 Å². The fourth-order valence-corrected chi connectivity index (χ4v) is 4.65. The van der Waals surface area contributed by atoms with E-state index in [1.165, 1.54) is 24.0 Å². The van der Waals surface area contributed by atoms with Gasteiger partial charge in [0.05, 0.1) is 17.0 Å². The van der Waals surface area contributed by atoms with E-state index in [1.807, 2.05) is 26.0 Å². The number of anilines is 1. The van der Waals surface area contributed by atoms with Gasteiger partial charge in [-0.05, 0) is 62.7 Å². The van der Waals surface area contributed by atoms with E-state index >= 15 is 0 Å². The van der Waals surface area contributed by atoms with E-state index in [2.05, 4.69) is 10.0 Å². The molecule has 0 spiro atoms. The highest BCUT2D eigenvalue weighted by molar-refractivity contribution is 7.89. The second kappa shape index (κ2) is 10.6. The number of carbonyl (C=O) groups is 2. The Hall–Kier alpha value is -3.49. The molecule has 3 aromatic rings. The van der Waals surface area contributed by atoms with Gasteiger partial charge in [0.25, 0.3) is 5.91 Å². The maximum absolute atomic E-state index is 13.0. The van der Waals surface area contributed by atoms with Crippen molar-refractivity contribution in [3.63, 3.8) is 0 Å². The maximum Gasteiger partial charge on any atom is 0.255 e. The number of aryl methyl sites for hydroxylation is 1. The minimum atomic E-state index is -3.84. The van der Waals surface area contributed by atoms with Crippen molar-refractivity contribution in [2.24, 2.45) is 0 Å². The average molecular weight is 480 g/mol. The molecule has 0 fully saturated rings. The smallest absolute Gasteiger partial charge is 0.255 e. The molecule has 34 heavy (non-hydrogen) atoms. The summed E-state index contributed by atoms with van der Waals surface area (Å²) in [6.45, 7) is 5.24. The van der Waals surface area contributed by atoms with Crippen molar-refractivity contribution in [1.29, 1.82) is 0 Å². The van der Waals surface area contributed by atoms with Crippen LogP contribution >= 0.6 is 0 Å². The molecule has 178 valence electrons. The third kappa shape index (κ3) is 6.09. The van der Waals surface area contributed by atoms with E-state index in [0.717, 1.165) is 11.1 Å². The average Bonchev–Trinajstić information content (AvgIpc) is 2.83. The maximum atomic E-state index is 13.0. The molecule has 2 atom stereocenters. The normalized spacial score (nSPS) is 13.1. The zero-order chi connectivity index (χ0) is 24.9. The number of amides is 2. The Morgan fingerprint density at radius 2 is 1.53 bits per heavy atom. The molecule has 2 amide bonds. The first-order valence-corrected chi connectivity index (χ1v) is 12.4. The summed E-state index contributed by atoms with van der Waals surface area (Å²) in [5.74, 6) is -0.601. The summed E-state index contributed by atoms with van der Waals surface area (Å²) in [6, 6.07) is 21.2. The molecule has 0 unspecified atom stereocenters. The number of nitrogens with one attached hydrogen (secondary N) is 2. The molecule has 0 bridgehead atoms. The van der Waals surface area contributed by atoms with Gasteiger partial charge in [-0.2, -0.15) is 4.72 Å². The Bertz CT molecular complexity index is 1260.